The third kappa shape index (κ3) is 3.24. The number of carbonyl (C=O) groups is 2. The molecule has 1 aromatic heterocycles. The molecule has 0 amide bonds. The van der Waals surface area contributed by atoms with Gasteiger partial charge in [-0.1, -0.05) is 12.1 Å². The Labute approximate surface area is 150 Å². The largest absolute Gasteiger partial charge is 0.454 e. The van der Waals surface area contributed by atoms with Crippen LogP contribution >= 0.6 is 0 Å². The molecule has 7 nitrogen and oxygen atoms in total. The maximum absolute atomic E-state index is 12.5. The number of Topliss-reactive ketones (excluding diaryl/α,β-unsaturated/α-hetero) is 1. The van der Waals surface area contributed by atoms with Crippen molar-refractivity contribution in [1.29, 1.82) is 0 Å². The Morgan fingerprint density at radius 3 is 2.54 bits per heavy atom. The molecule has 0 aliphatic heterocycles. The van der Waals surface area contributed by atoms with Crippen LogP contribution in [0.25, 0.3) is 0 Å². The Kier molecular flexibility index (Phi) is 4.63. The van der Waals surface area contributed by atoms with E-state index >= 15 is 0 Å². The number of ether oxygens (including phenoxy) is 1. The lowest BCUT2D eigenvalue weighted by Gasteiger charge is -2.08. The van der Waals surface area contributed by atoms with E-state index in [2.05, 4.69) is 4.57 Å². The number of esters is 1. The van der Waals surface area contributed by atoms with Gasteiger partial charge >= 0.3 is 5.97 Å². The number of ketones is 1. The highest BCUT2D eigenvalue weighted by molar-refractivity contribution is 6.01. The molecular formula is C19H20N2O5. The summed E-state index contributed by atoms with van der Waals surface area (Å²) >= 11 is 0. The number of nitrogens with zero attached hydrogens (tertiary/aromatic N) is 2. The molecule has 1 heterocycles. The summed E-state index contributed by atoms with van der Waals surface area (Å²) in [7, 11) is 0. The first-order valence-electron chi connectivity index (χ1n) is 8.44. The standard InChI is InChI=1S/C19H20N2O5/c1-11-5-4-6-15(18(11)21(24)25)19(23)26-10-17(22)16-9-12(2)20(13(16)3)14-7-8-14/h4-6,9,14H,7-8,10H2,1-3H3. The van der Waals surface area contributed by atoms with Gasteiger partial charge in [-0.3, -0.25) is 14.9 Å². The molecule has 1 aromatic carbocycles. The molecule has 0 bridgehead atoms. The number of para-hydroxylation sites is 1. The minimum Gasteiger partial charge on any atom is -0.454 e. The van der Waals surface area contributed by atoms with E-state index in [9.17, 15) is 19.7 Å². The van der Waals surface area contributed by atoms with Crippen molar-refractivity contribution in [2.75, 3.05) is 6.61 Å². The Morgan fingerprint density at radius 2 is 1.92 bits per heavy atom. The molecule has 0 saturated heterocycles. The van der Waals surface area contributed by atoms with E-state index in [0.717, 1.165) is 24.2 Å². The summed E-state index contributed by atoms with van der Waals surface area (Å²) in [6.07, 6.45) is 2.21. The maximum atomic E-state index is 12.5. The second-order valence-electron chi connectivity index (χ2n) is 6.61. The molecule has 0 radical (unpaired) electrons. The lowest BCUT2D eigenvalue weighted by molar-refractivity contribution is -0.385. The number of rotatable bonds is 6. The van der Waals surface area contributed by atoms with Crippen LogP contribution in [0.5, 0.6) is 0 Å². The molecule has 1 aliphatic carbocycles. The topological polar surface area (TPSA) is 91.4 Å². The van der Waals surface area contributed by atoms with E-state index in [0.29, 0.717) is 17.2 Å². The molecular weight excluding hydrogens is 336 g/mol. The smallest absolute Gasteiger partial charge is 0.345 e. The Hall–Kier alpha value is -2.96. The number of nitro groups is 1. The second-order valence-corrected chi connectivity index (χ2v) is 6.61. The average molecular weight is 356 g/mol. The van der Waals surface area contributed by atoms with Crippen molar-refractivity contribution in [3.8, 4) is 0 Å². The number of aromatic nitrogens is 1. The van der Waals surface area contributed by atoms with Gasteiger partial charge in [0.05, 0.1) is 4.92 Å². The normalized spacial score (nSPS) is 13.5. The van der Waals surface area contributed by atoms with Gasteiger partial charge < -0.3 is 9.30 Å². The lowest BCUT2D eigenvalue weighted by atomic mass is 10.1. The van der Waals surface area contributed by atoms with Crippen LogP contribution in [0.1, 0.15) is 56.6 Å². The first-order chi connectivity index (χ1) is 12.3. The highest BCUT2D eigenvalue weighted by Crippen LogP contribution is 2.38. The Bertz CT molecular complexity index is 909. The summed E-state index contributed by atoms with van der Waals surface area (Å²) in [5, 5.41) is 11.2. The van der Waals surface area contributed by atoms with Crippen LogP contribution in [-0.4, -0.2) is 27.8 Å². The van der Waals surface area contributed by atoms with Crippen LogP contribution < -0.4 is 0 Å². The summed E-state index contributed by atoms with van der Waals surface area (Å²) < 4.78 is 7.21. The van der Waals surface area contributed by atoms with Gasteiger partial charge in [0.25, 0.3) is 5.69 Å². The highest BCUT2D eigenvalue weighted by atomic mass is 16.6. The number of aryl methyl sites for hydroxylation is 2. The van der Waals surface area contributed by atoms with Crippen molar-refractivity contribution in [1.82, 2.24) is 4.57 Å². The summed E-state index contributed by atoms with van der Waals surface area (Å²) in [5.74, 6) is -1.18. The van der Waals surface area contributed by atoms with E-state index in [1.807, 2.05) is 13.8 Å². The fraction of sp³-hybridized carbons (Fsp3) is 0.368. The number of benzene rings is 1. The van der Waals surface area contributed by atoms with Crippen molar-refractivity contribution in [3.63, 3.8) is 0 Å². The summed E-state index contributed by atoms with van der Waals surface area (Å²) in [4.78, 5) is 35.3. The quantitative estimate of drug-likeness (QED) is 0.341. The van der Waals surface area contributed by atoms with Crippen LogP contribution in [0, 0.1) is 30.9 Å². The molecule has 2 aromatic rings. The monoisotopic (exact) mass is 356 g/mol. The van der Waals surface area contributed by atoms with Gasteiger partial charge in [0.2, 0.25) is 5.78 Å². The molecule has 136 valence electrons. The van der Waals surface area contributed by atoms with E-state index in [4.69, 9.17) is 4.74 Å². The molecule has 7 heteroatoms. The van der Waals surface area contributed by atoms with Crippen molar-refractivity contribution < 1.29 is 19.2 Å². The SMILES string of the molecule is Cc1cccc(C(=O)OCC(=O)c2cc(C)n(C3CC3)c2C)c1[N+](=O)[O-]. The molecule has 0 N–H and O–H groups in total. The fourth-order valence-corrected chi connectivity index (χ4v) is 3.31. The number of carbonyl (C=O) groups excluding carboxylic acids is 2. The first kappa shape index (κ1) is 17.8. The third-order valence-corrected chi connectivity index (χ3v) is 4.67. The van der Waals surface area contributed by atoms with E-state index in [-0.39, 0.29) is 17.0 Å². The van der Waals surface area contributed by atoms with Crippen LogP contribution in [0.4, 0.5) is 5.69 Å². The molecule has 0 unspecified atom stereocenters. The molecule has 1 saturated carbocycles. The zero-order valence-corrected chi connectivity index (χ0v) is 14.9. The highest BCUT2D eigenvalue weighted by Gasteiger charge is 2.29. The van der Waals surface area contributed by atoms with Gasteiger partial charge in [-0.15, -0.1) is 0 Å². The fourth-order valence-electron chi connectivity index (χ4n) is 3.31. The van der Waals surface area contributed by atoms with Gasteiger partial charge in [-0.05, 0) is 45.7 Å². The van der Waals surface area contributed by atoms with E-state index in [1.54, 1.807) is 25.1 Å². The van der Waals surface area contributed by atoms with Gasteiger partial charge in [-0.2, -0.15) is 0 Å². The van der Waals surface area contributed by atoms with E-state index < -0.39 is 17.5 Å². The Morgan fingerprint density at radius 1 is 1.23 bits per heavy atom. The Balaban J connectivity index is 1.75. The zero-order chi connectivity index (χ0) is 19.0. The molecule has 1 fully saturated rings. The van der Waals surface area contributed by atoms with Crippen molar-refractivity contribution in [2.45, 2.75) is 39.7 Å². The molecule has 1 aliphatic rings. The predicted molar refractivity (Wildman–Crippen MR) is 94.6 cm³/mol. The predicted octanol–water partition coefficient (Wildman–Crippen LogP) is 3.70. The number of nitro benzene ring substituents is 1. The van der Waals surface area contributed by atoms with Gasteiger partial charge in [0.15, 0.2) is 6.61 Å². The zero-order valence-electron chi connectivity index (χ0n) is 14.9. The number of hydrogen-bond donors (Lipinski definition) is 0. The van der Waals surface area contributed by atoms with Crippen molar-refractivity contribution in [3.05, 3.63) is 62.5 Å². The average Bonchev–Trinajstić information content (AvgIpc) is 3.37. The lowest BCUT2D eigenvalue weighted by Crippen LogP contribution is -2.16. The minimum atomic E-state index is -0.871. The van der Waals surface area contributed by atoms with Crippen LogP contribution in [0.15, 0.2) is 24.3 Å². The molecule has 26 heavy (non-hydrogen) atoms. The van der Waals surface area contributed by atoms with Gasteiger partial charge in [0.1, 0.15) is 5.56 Å². The van der Waals surface area contributed by atoms with Gasteiger partial charge in [0, 0.05) is 28.6 Å². The maximum Gasteiger partial charge on any atom is 0.345 e. The van der Waals surface area contributed by atoms with Crippen LogP contribution in [0.2, 0.25) is 0 Å². The number of hydrogen-bond acceptors (Lipinski definition) is 5. The van der Waals surface area contributed by atoms with Crippen LogP contribution in [0.3, 0.4) is 0 Å². The van der Waals surface area contributed by atoms with Crippen LogP contribution in [-0.2, 0) is 4.74 Å². The van der Waals surface area contributed by atoms with Crippen molar-refractivity contribution in [2.24, 2.45) is 0 Å². The van der Waals surface area contributed by atoms with Crippen molar-refractivity contribution >= 4 is 17.4 Å². The summed E-state index contributed by atoms with van der Waals surface area (Å²) in [5.41, 5.74) is 2.33. The summed E-state index contributed by atoms with van der Waals surface area (Å²) in [6, 6.07) is 6.68. The van der Waals surface area contributed by atoms with Gasteiger partial charge in [-0.25, -0.2) is 4.79 Å². The van der Waals surface area contributed by atoms with E-state index in [1.165, 1.54) is 6.07 Å². The first-order valence-corrected chi connectivity index (χ1v) is 8.44. The minimum absolute atomic E-state index is 0.147. The molecule has 3 rings (SSSR count). The summed E-state index contributed by atoms with van der Waals surface area (Å²) in [6.45, 7) is 4.93. The molecule has 0 atom stereocenters. The third-order valence-electron chi connectivity index (χ3n) is 4.67. The molecule has 0 spiro atoms. The second kappa shape index (κ2) is 6.74.